The summed E-state index contributed by atoms with van der Waals surface area (Å²) in [4.78, 5) is 14.4. The Kier molecular flexibility index (Phi) is 3.82. The molecule has 2 aliphatic rings. The second-order valence-electron chi connectivity index (χ2n) is 4.92. The van der Waals surface area contributed by atoms with E-state index in [0.29, 0.717) is 19.3 Å². The summed E-state index contributed by atoms with van der Waals surface area (Å²) in [5.41, 5.74) is 5.89. The molecule has 0 aromatic heterocycles. The van der Waals surface area contributed by atoms with Gasteiger partial charge in [-0.25, -0.2) is 0 Å². The van der Waals surface area contributed by atoms with Crippen LogP contribution in [0.5, 0.6) is 0 Å². The molecule has 1 amide bonds. The Hall–Kier alpha value is -0.610. The molecule has 2 atom stereocenters. The molecule has 1 aliphatic heterocycles. The number of carbonyl (C=O) groups excluding carboxylic acids is 1. The van der Waals surface area contributed by atoms with Crippen molar-refractivity contribution >= 4 is 5.91 Å². The van der Waals surface area contributed by atoms with Crippen LogP contribution in [0.3, 0.4) is 0 Å². The first-order valence-electron chi connectivity index (χ1n) is 6.37. The minimum Gasteiger partial charge on any atom is -0.379 e. The molecule has 0 aromatic rings. The summed E-state index contributed by atoms with van der Waals surface area (Å²) in [6.07, 6.45) is 4.55. The van der Waals surface area contributed by atoms with E-state index in [-0.39, 0.29) is 17.9 Å². The number of hydrogen-bond acceptors (Lipinski definition) is 3. The van der Waals surface area contributed by atoms with Gasteiger partial charge in [0.15, 0.2) is 0 Å². The van der Waals surface area contributed by atoms with E-state index in [1.807, 2.05) is 4.90 Å². The van der Waals surface area contributed by atoms with Crippen LogP contribution < -0.4 is 5.73 Å². The topological polar surface area (TPSA) is 55.6 Å². The second kappa shape index (κ2) is 5.15. The molecule has 0 bridgehead atoms. The van der Waals surface area contributed by atoms with E-state index in [2.05, 4.69) is 6.92 Å². The lowest BCUT2D eigenvalue weighted by atomic mass is 10.0. The van der Waals surface area contributed by atoms with Crippen molar-refractivity contribution in [2.75, 3.05) is 19.8 Å². The fourth-order valence-electron chi connectivity index (χ4n) is 2.23. The van der Waals surface area contributed by atoms with Crippen LogP contribution >= 0.6 is 0 Å². The van der Waals surface area contributed by atoms with Gasteiger partial charge in [0.2, 0.25) is 5.91 Å². The molecule has 1 aliphatic carbocycles. The van der Waals surface area contributed by atoms with Gasteiger partial charge in [-0.3, -0.25) is 4.79 Å². The van der Waals surface area contributed by atoms with E-state index < -0.39 is 0 Å². The van der Waals surface area contributed by atoms with Crippen molar-refractivity contribution in [3.63, 3.8) is 0 Å². The summed E-state index contributed by atoms with van der Waals surface area (Å²) < 4.78 is 5.27. The lowest BCUT2D eigenvalue weighted by Crippen LogP contribution is -2.45. The van der Waals surface area contributed by atoms with E-state index in [0.717, 1.165) is 32.2 Å². The zero-order chi connectivity index (χ0) is 11.5. The Bertz CT molecular complexity index is 253. The molecule has 1 heterocycles. The molecule has 4 heteroatoms. The van der Waals surface area contributed by atoms with Crippen molar-refractivity contribution in [1.82, 2.24) is 4.90 Å². The van der Waals surface area contributed by atoms with Crippen molar-refractivity contribution < 1.29 is 9.53 Å². The standard InChI is InChI=1S/C12H22N2O2/c1-2-3-6-14(9-4-5-9)12(15)10-7-16-8-11(10)13/h9-11H,2-8,13H2,1H3. The van der Waals surface area contributed by atoms with Gasteiger partial charge in [0.25, 0.3) is 0 Å². The van der Waals surface area contributed by atoms with Crippen LogP contribution in [0.25, 0.3) is 0 Å². The summed E-state index contributed by atoms with van der Waals surface area (Å²) in [5.74, 6) is 0.124. The minimum atomic E-state index is -0.102. The van der Waals surface area contributed by atoms with E-state index in [9.17, 15) is 4.79 Å². The summed E-state index contributed by atoms with van der Waals surface area (Å²) in [5, 5.41) is 0. The Labute approximate surface area is 97.1 Å². The quantitative estimate of drug-likeness (QED) is 0.752. The number of carbonyl (C=O) groups is 1. The maximum atomic E-state index is 12.3. The lowest BCUT2D eigenvalue weighted by Gasteiger charge is -2.26. The molecule has 2 N–H and O–H groups in total. The first kappa shape index (κ1) is 11.9. The molecule has 2 unspecified atom stereocenters. The molecule has 0 radical (unpaired) electrons. The molecule has 4 nitrogen and oxygen atoms in total. The fourth-order valence-corrected chi connectivity index (χ4v) is 2.23. The van der Waals surface area contributed by atoms with Crippen molar-refractivity contribution in [3.8, 4) is 0 Å². The molecule has 1 saturated carbocycles. The van der Waals surface area contributed by atoms with Gasteiger partial charge in [-0.2, -0.15) is 0 Å². The Morgan fingerprint density at radius 1 is 1.44 bits per heavy atom. The Morgan fingerprint density at radius 3 is 2.69 bits per heavy atom. The maximum Gasteiger partial charge on any atom is 0.229 e. The minimum absolute atomic E-state index is 0.0996. The van der Waals surface area contributed by atoms with Crippen LogP contribution in [0.4, 0.5) is 0 Å². The Morgan fingerprint density at radius 2 is 2.19 bits per heavy atom. The second-order valence-corrected chi connectivity index (χ2v) is 4.92. The molecule has 92 valence electrons. The first-order valence-corrected chi connectivity index (χ1v) is 6.37. The number of ether oxygens (including phenoxy) is 1. The molecular weight excluding hydrogens is 204 g/mol. The third kappa shape index (κ3) is 2.55. The maximum absolute atomic E-state index is 12.3. The highest BCUT2D eigenvalue weighted by Crippen LogP contribution is 2.29. The first-order chi connectivity index (χ1) is 7.74. The molecule has 0 aromatic carbocycles. The van der Waals surface area contributed by atoms with Crippen LogP contribution in [0.1, 0.15) is 32.6 Å². The third-order valence-corrected chi connectivity index (χ3v) is 3.47. The highest BCUT2D eigenvalue weighted by molar-refractivity contribution is 5.80. The highest BCUT2D eigenvalue weighted by Gasteiger charge is 2.39. The number of hydrogen-bond donors (Lipinski definition) is 1. The van der Waals surface area contributed by atoms with E-state index in [4.69, 9.17) is 10.5 Å². The average Bonchev–Trinajstić information content (AvgIpc) is 3.01. The van der Waals surface area contributed by atoms with Crippen molar-refractivity contribution in [3.05, 3.63) is 0 Å². The monoisotopic (exact) mass is 226 g/mol. The van der Waals surface area contributed by atoms with Crippen LogP contribution in [0, 0.1) is 5.92 Å². The van der Waals surface area contributed by atoms with Gasteiger partial charge in [-0.1, -0.05) is 13.3 Å². The summed E-state index contributed by atoms with van der Waals surface area (Å²) in [7, 11) is 0. The van der Waals surface area contributed by atoms with Gasteiger partial charge < -0.3 is 15.4 Å². The largest absolute Gasteiger partial charge is 0.379 e. The van der Waals surface area contributed by atoms with Crippen LogP contribution in [0.2, 0.25) is 0 Å². The molecule has 2 fully saturated rings. The highest BCUT2D eigenvalue weighted by atomic mass is 16.5. The fraction of sp³-hybridized carbons (Fsp3) is 0.917. The van der Waals surface area contributed by atoms with E-state index >= 15 is 0 Å². The predicted octanol–water partition coefficient (Wildman–Crippen LogP) is 0.751. The predicted molar refractivity (Wildman–Crippen MR) is 61.9 cm³/mol. The van der Waals surface area contributed by atoms with Crippen LogP contribution in [-0.2, 0) is 9.53 Å². The normalized spacial score (nSPS) is 29.4. The van der Waals surface area contributed by atoms with Crippen molar-refractivity contribution in [1.29, 1.82) is 0 Å². The van der Waals surface area contributed by atoms with E-state index in [1.54, 1.807) is 0 Å². The third-order valence-electron chi connectivity index (χ3n) is 3.47. The molecular formula is C12H22N2O2. The van der Waals surface area contributed by atoms with Gasteiger partial charge in [-0.05, 0) is 19.3 Å². The smallest absolute Gasteiger partial charge is 0.229 e. The Balaban J connectivity index is 1.93. The molecule has 2 rings (SSSR count). The zero-order valence-corrected chi connectivity index (χ0v) is 10.0. The van der Waals surface area contributed by atoms with Crippen LogP contribution in [0.15, 0.2) is 0 Å². The number of amides is 1. The van der Waals surface area contributed by atoms with Crippen molar-refractivity contribution in [2.24, 2.45) is 11.7 Å². The SMILES string of the molecule is CCCCN(C(=O)C1COCC1N)C1CC1. The number of nitrogens with zero attached hydrogens (tertiary/aromatic N) is 1. The number of unbranched alkanes of at least 4 members (excludes halogenated alkanes) is 1. The summed E-state index contributed by atoms with van der Waals surface area (Å²) in [6, 6.07) is 0.391. The van der Waals surface area contributed by atoms with Gasteiger partial charge in [-0.15, -0.1) is 0 Å². The van der Waals surface area contributed by atoms with E-state index in [1.165, 1.54) is 0 Å². The van der Waals surface area contributed by atoms with Gasteiger partial charge in [0, 0.05) is 18.6 Å². The zero-order valence-electron chi connectivity index (χ0n) is 10.0. The van der Waals surface area contributed by atoms with Gasteiger partial charge in [0.05, 0.1) is 19.1 Å². The molecule has 0 spiro atoms. The number of rotatable bonds is 5. The average molecular weight is 226 g/mol. The van der Waals surface area contributed by atoms with Gasteiger partial charge in [0.1, 0.15) is 0 Å². The van der Waals surface area contributed by atoms with Crippen LogP contribution in [-0.4, -0.2) is 42.6 Å². The number of nitrogens with two attached hydrogens (primary N) is 1. The van der Waals surface area contributed by atoms with Crippen molar-refractivity contribution in [2.45, 2.75) is 44.7 Å². The summed E-state index contributed by atoms with van der Waals surface area (Å²) in [6.45, 7) is 4.08. The molecule has 16 heavy (non-hydrogen) atoms. The summed E-state index contributed by atoms with van der Waals surface area (Å²) >= 11 is 0. The lowest BCUT2D eigenvalue weighted by molar-refractivity contribution is -0.136. The van der Waals surface area contributed by atoms with Gasteiger partial charge >= 0.3 is 0 Å². The molecule has 1 saturated heterocycles.